The molecular weight excluding hydrogens is 208 g/mol. The molecule has 0 aliphatic heterocycles. The molecular formula is C16H24O. The number of allylic oxidation sites excluding steroid dienone is 2. The highest BCUT2D eigenvalue weighted by atomic mass is 16.3. The Labute approximate surface area is 105 Å². The number of rotatable bonds is 6. The first-order chi connectivity index (χ1) is 8.13. The molecule has 1 heteroatoms. The van der Waals surface area contributed by atoms with Crippen LogP contribution in [0.1, 0.15) is 57.9 Å². The predicted molar refractivity (Wildman–Crippen MR) is 74.4 cm³/mol. The van der Waals surface area contributed by atoms with Gasteiger partial charge in [0.05, 0.1) is 0 Å². The summed E-state index contributed by atoms with van der Waals surface area (Å²) < 4.78 is 0. The molecule has 1 rings (SSSR count). The van der Waals surface area contributed by atoms with Crippen LogP contribution in [0.5, 0.6) is 5.75 Å². The quantitative estimate of drug-likeness (QED) is 0.539. The average Bonchev–Trinajstić information content (AvgIpc) is 2.28. The maximum Gasteiger partial charge on any atom is 0.115 e. The molecule has 0 saturated carbocycles. The zero-order valence-electron chi connectivity index (χ0n) is 11.2. The summed E-state index contributed by atoms with van der Waals surface area (Å²) in [6, 6.07) is 7.62. The molecule has 1 atom stereocenters. The highest BCUT2D eigenvalue weighted by Gasteiger charge is 2.08. The van der Waals surface area contributed by atoms with E-state index in [4.69, 9.17) is 0 Å². The number of unbranched alkanes of at least 4 members (excludes halogenated alkanes) is 2. The van der Waals surface area contributed by atoms with Crippen LogP contribution in [-0.4, -0.2) is 5.11 Å². The maximum absolute atomic E-state index is 9.32. The third kappa shape index (κ3) is 5.08. The van der Waals surface area contributed by atoms with Crippen molar-refractivity contribution in [2.75, 3.05) is 0 Å². The van der Waals surface area contributed by atoms with E-state index in [1.165, 1.54) is 36.8 Å². The number of hydrogen-bond acceptors (Lipinski definition) is 1. The van der Waals surface area contributed by atoms with Crippen molar-refractivity contribution < 1.29 is 5.11 Å². The Bertz CT molecular complexity index is 344. The van der Waals surface area contributed by atoms with Crippen LogP contribution < -0.4 is 0 Å². The molecule has 0 fully saturated rings. The minimum atomic E-state index is 0.346. The second-order valence-electron chi connectivity index (χ2n) is 4.94. The van der Waals surface area contributed by atoms with Gasteiger partial charge < -0.3 is 5.11 Å². The molecule has 94 valence electrons. The van der Waals surface area contributed by atoms with Gasteiger partial charge in [0.2, 0.25) is 0 Å². The van der Waals surface area contributed by atoms with Crippen molar-refractivity contribution in [3.8, 4) is 5.75 Å². The number of hydrogen-bond donors (Lipinski definition) is 1. The standard InChI is InChI=1S/C16H24O/c1-4-5-6-7-15(12-13(2)3)14-8-10-16(17)11-9-14/h8-12,15,17H,4-7H2,1-3H3. The lowest BCUT2D eigenvalue weighted by Gasteiger charge is -2.14. The van der Waals surface area contributed by atoms with Crippen molar-refractivity contribution in [2.45, 2.75) is 52.4 Å². The van der Waals surface area contributed by atoms with Gasteiger partial charge in [0.25, 0.3) is 0 Å². The lowest BCUT2D eigenvalue weighted by molar-refractivity contribution is 0.475. The van der Waals surface area contributed by atoms with E-state index in [2.05, 4.69) is 26.8 Å². The molecule has 1 N–H and O–H groups in total. The Morgan fingerprint density at radius 1 is 1.18 bits per heavy atom. The molecule has 0 aromatic heterocycles. The van der Waals surface area contributed by atoms with Crippen molar-refractivity contribution in [1.82, 2.24) is 0 Å². The SMILES string of the molecule is CCCCCC(C=C(C)C)c1ccc(O)cc1. The van der Waals surface area contributed by atoms with Crippen LogP contribution >= 0.6 is 0 Å². The third-order valence-corrected chi connectivity index (χ3v) is 2.97. The van der Waals surface area contributed by atoms with Crippen LogP contribution in [0.25, 0.3) is 0 Å². The van der Waals surface area contributed by atoms with E-state index in [0.717, 1.165) is 0 Å². The fourth-order valence-corrected chi connectivity index (χ4v) is 2.08. The molecule has 17 heavy (non-hydrogen) atoms. The van der Waals surface area contributed by atoms with Crippen molar-refractivity contribution in [1.29, 1.82) is 0 Å². The lowest BCUT2D eigenvalue weighted by atomic mass is 9.91. The maximum atomic E-state index is 9.32. The van der Waals surface area contributed by atoms with Crippen molar-refractivity contribution in [2.24, 2.45) is 0 Å². The Morgan fingerprint density at radius 3 is 2.35 bits per heavy atom. The molecule has 1 unspecified atom stereocenters. The highest BCUT2D eigenvalue weighted by Crippen LogP contribution is 2.26. The smallest absolute Gasteiger partial charge is 0.115 e. The first kappa shape index (κ1) is 13.8. The van der Waals surface area contributed by atoms with Crippen LogP contribution in [0.15, 0.2) is 35.9 Å². The number of phenolic OH excluding ortho intramolecular Hbond substituents is 1. The normalized spacial score (nSPS) is 12.2. The number of aromatic hydroxyl groups is 1. The molecule has 0 aliphatic carbocycles. The molecule has 1 aromatic rings. The summed E-state index contributed by atoms with van der Waals surface area (Å²) in [5.74, 6) is 0.838. The summed E-state index contributed by atoms with van der Waals surface area (Å²) in [6.45, 7) is 6.52. The largest absolute Gasteiger partial charge is 0.508 e. The van der Waals surface area contributed by atoms with Gasteiger partial charge in [-0.3, -0.25) is 0 Å². The third-order valence-electron chi connectivity index (χ3n) is 2.97. The van der Waals surface area contributed by atoms with Gasteiger partial charge in [-0.25, -0.2) is 0 Å². The van der Waals surface area contributed by atoms with Crippen LogP contribution in [0.3, 0.4) is 0 Å². The number of phenols is 1. The Kier molecular flexibility index (Phi) is 5.82. The highest BCUT2D eigenvalue weighted by molar-refractivity contribution is 5.31. The van der Waals surface area contributed by atoms with Crippen molar-refractivity contribution >= 4 is 0 Å². The number of benzene rings is 1. The predicted octanol–water partition coefficient (Wildman–Crippen LogP) is 5.02. The van der Waals surface area contributed by atoms with Crippen LogP contribution in [0.4, 0.5) is 0 Å². The minimum Gasteiger partial charge on any atom is -0.508 e. The molecule has 1 nitrogen and oxygen atoms in total. The van der Waals surface area contributed by atoms with Gasteiger partial charge >= 0.3 is 0 Å². The zero-order chi connectivity index (χ0) is 12.7. The van der Waals surface area contributed by atoms with Gasteiger partial charge in [0, 0.05) is 5.92 Å². The van der Waals surface area contributed by atoms with E-state index in [1.807, 2.05) is 12.1 Å². The molecule has 0 radical (unpaired) electrons. The topological polar surface area (TPSA) is 20.2 Å². The van der Waals surface area contributed by atoms with Gasteiger partial charge in [-0.2, -0.15) is 0 Å². The average molecular weight is 232 g/mol. The molecule has 0 amide bonds. The second kappa shape index (κ2) is 7.16. The lowest BCUT2D eigenvalue weighted by Crippen LogP contribution is -1.96. The summed E-state index contributed by atoms with van der Waals surface area (Å²) in [7, 11) is 0. The molecule has 0 heterocycles. The minimum absolute atomic E-state index is 0.346. The molecule has 0 aliphatic rings. The monoisotopic (exact) mass is 232 g/mol. The first-order valence-electron chi connectivity index (χ1n) is 6.57. The summed E-state index contributed by atoms with van der Waals surface area (Å²) in [4.78, 5) is 0. The Morgan fingerprint density at radius 2 is 1.82 bits per heavy atom. The molecule has 0 bridgehead atoms. The fourth-order valence-electron chi connectivity index (χ4n) is 2.08. The zero-order valence-corrected chi connectivity index (χ0v) is 11.2. The van der Waals surface area contributed by atoms with Crippen LogP contribution in [0, 0.1) is 0 Å². The van der Waals surface area contributed by atoms with Crippen molar-refractivity contribution in [3.63, 3.8) is 0 Å². The summed E-state index contributed by atoms with van der Waals surface area (Å²) >= 11 is 0. The van der Waals surface area contributed by atoms with Gasteiger partial charge in [0.1, 0.15) is 5.75 Å². The van der Waals surface area contributed by atoms with Gasteiger partial charge in [-0.05, 0) is 38.0 Å². The second-order valence-corrected chi connectivity index (χ2v) is 4.94. The first-order valence-corrected chi connectivity index (χ1v) is 6.57. The molecule has 1 aromatic carbocycles. The van der Waals surface area contributed by atoms with E-state index < -0.39 is 0 Å². The van der Waals surface area contributed by atoms with Crippen LogP contribution in [0.2, 0.25) is 0 Å². The Balaban J connectivity index is 2.75. The van der Waals surface area contributed by atoms with E-state index in [-0.39, 0.29) is 0 Å². The van der Waals surface area contributed by atoms with E-state index >= 15 is 0 Å². The summed E-state index contributed by atoms with van der Waals surface area (Å²) in [5.41, 5.74) is 2.67. The molecule has 0 spiro atoms. The Hall–Kier alpha value is -1.24. The van der Waals surface area contributed by atoms with Gasteiger partial charge in [-0.1, -0.05) is 50.0 Å². The summed E-state index contributed by atoms with van der Waals surface area (Å²) in [5, 5.41) is 9.32. The fraction of sp³-hybridized carbons (Fsp3) is 0.500. The molecule has 0 saturated heterocycles. The van der Waals surface area contributed by atoms with E-state index in [0.29, 0.717) is 11.7 Å². The van der Waals surface area contributed by atoms with E-state index in [9.17, 15) is 5.11 Å². The van der Waals surface area contributed by atoms with Crippen LogP contribution in [-0.2, 0) is 0 Å². The van der Waals surface area contributed by atoms with Gasteiger partial charge in [-0.15, -0.1) is 0 Å². The van der Waals surface area contributed by atoms with Crippen molar-refractivity contribution in [3.05, 3.63) is 41.5 Å². The van der Waals surface area contributed by atoms with E-state index in [1.54, 1.807) is 12.1 Å². The summed E-state index contributed by atoms with van der Waals surface area (Å²) in [6.07, 6.45) is 7.36. The van der Waals surface area contributed by atoms with Gasteiger partial charge in [0.15, 0.2) is 0 Å².